The van der Waals surface area contributed by atoms with Gasteiger partial charge in [-0.1, -0.05) is 47.7 Å². The second-order valence-corrected chi connectivity index (χ2v) is 10.1. The number of benzene rings is 3. The summed E-state index contributed by atoms with van der Waals surface area (Å²) in [4.78, 5) is 28.1. The Morgan fingerprint density at radius 3 is 2.38 bits per heavy atom. The molecule has 0 bridgehead atoms. The van der Waals surface area contributed by atoms with E-state index in [1.54, 1.807) is 49.4 Å². The number of carbonyl (C=O) groups excluding carboxylic acids is 2. The number of methoxy groups -OCH3 is 1. The van der Waals surface area contributed by atoms with Crippen molar-refractivity contribution in [3.05, 3.63) is 100 Å². The molecule has 1 saturated heterocycles. The van der Waals surface area contributed by atoms with Crippen LogP contribution in [0.25, 0.3) is 5.76 Å². The molecule has 204 valence electrons. The van der Waals surface area contributed by atoms with Gasteiger partial charge in [-0.25, -0.2) is 0 Å². The summed E-state index contributed by atoms with van der Waals surface area (Å²) in [6, 6.07) is 20.6. The predicted octanol–water partition coefficient (Wildman–Crippen LogP) is 5.46. The number of rotatable bonds is 9. The van der Waals surface area contributed by atoms with E-state index in [4.69, 9.17) is 14.2 Å². The van der Waals surface area contributed by atoms with Crippen LogP contribution in [0.3, 0.4) is 0 Å². The van der Waals surface area contributed by atoms with Gasteiger partial charge in [0.05, 0.1) is 25.3 Å². The Kier molecular flexibility index (Phi) is 7.79. The van der Waals surface area contributed by atoms with Gasteiger partial charge in [-0.15, -0.1) is 10.2 Å². The topological polar surface area (TPSA) is 111 Å². The van der Waals surface area contributed by atoms with E-state index in [1.807, 2.05) is 37.3 Å². The maximum Gasteiger partial charge on any atom is 0.301 e. The molecule has 3 aromatic carbocycles. The van der Waals surface area contributed by atoms with Gasteiger partial charge < -0.3 is 19.3 Å². The normalized spacial score (nSPS) is 16.3. The molecule has 0 saturated carbocycles. The first kappa shape index (κ1) is 26.9. The smallest absolute Gasteiger partial charge is 0.301 e. The highest BCUT2D eigenvalue weighted by molar-refractivity contribution is 7.15. The third kappa shape index (κ3) is 5.26. The monoisotopic (exact) mass is 557 g/mol. The number of ketones is 1. The molecule has 1 aliphatic rings. The molecule has 0 spiro atoms. The molecule has 1 amide bonds. The molecule has 1 fully saturated rings. The minimum Gasteiger partial charge on any atom is -0.507 e. The molecule has 40 heavy (non-hydrogen) atoms. The zero-order chi connectivity index (χ0) is 28.2. The van der Waals surface area contributed by atoms with Gasteiger partial charge in [-0.3, -0.25) is 14.5 Å². The van der Waals surface area contributed by atoms with Crippen molar-refractivity contribution in [3.63, 3.8) is 0 Å². The number of nitrogens with zero attached hydrogens (tertiary/aromatic N) is 3. The Morgan fingerprint density at radius 1 is 0.975 bits per heavy atom. The van der Waals surface area contributed by atoms with Crippen molar-refractivity contribution in [1.82, 2.24) is 10.2 Å². The molecule has 1 unspecified atom stereocenters. The van der Waals surface area contributed by atoms with E-state index >= 15 is 0 Å². The zero-order valence-electron chi connectivity index (χ0n) is 22.2. The van der Waals surface area contributed by atoms with E-state index in [0.29, 0.717) is 46.6 Å². The summed E-state index contributed by atoms with van der Waals surface area (Å²) >= 11 is 1.18. The van der Waals surface area contributed by atoms with Crippen LogP contribution in [0.5, 0.6) is 17.2 Å². The summed E-state index contributed by atoms with van der Waals surface area (Å²) < 4.78 is 17.2. The highest BCUT2D eigenvalue weighted by atomic mass is 32.1. The zero-order valence-corrected chi connectivity index (χ0v) is 23.0. The number of ether oxygens (including phenoxy) is 3. The minimum absolute atomic E-state index is 0.0663. The van der Waals surface area contributed by atoms with Gasteiger partial charge >= 0.3 is 5.91 Å². The van der Waals surface area contributed by atoms with Gasteiger partial charge in [0.25, 0.3) is 5.78 Å². The number of anilines is 1. The van der Waals surface area contributed by atoms with Crippen molar-refractivity contribution < 1.29 is 28.9 Å². The van der Waals surface area contributed by atoms with E-state index in [9.17, 15) is 14.7 Å². The molecule has 1 N–H and O–H groups in total. The average Bonchev–Trinajstić information content (AvgIpc) is 3.52. The van der Waals surface area contributed by atoms with E-state index < -0.39 is 17.7 Å². The Hall–Kier alpha value is -4.70. The number of aliphatic hydroxyl groups is 1. The molecule has 1 aliphatic heterocycles. The van der Waals surface area contributed by atoms with Crippen LogP contribution in [0, 0.1) is 6.92 Å². The predicted molar refractivity (Wildman–Crippen MR) is 151 cm³/mol. The van der Waals surface area contributed by atoms with E-state index in [0.717, 1.165) is 5.56 Å². The van der Waals surface area contributed by atoms with Crippen LogP contribution >= 0.6 is 11.3 Å². The Labute approximate surface area is 235 Å². The third-order valence-electron chi connectivity index (χ3n) is 6.35. The van der Waals surface area contributed by atoms with Gasteiger partial charge in [-0.05, 0) is 61.4 Å². The fourth-order valence-corrected chi connectivity index (χ4v) is 5.16. The molecule has 5 rings (SSSR count). The number of aromatic nitrogens is 2. The number of hydrogen-bond acceptors (Lipinski definition) is 9. The molecule has 0 radical (unpaired) electrons. The summed E-state index contributed by atoms with van der Waals surface area (Å²) in [5.74, 6) is -0.401. The number of aliphatic hydroxyl groups excluding tert-OH is 1. The Balaban J connectivity index is 1.61. The fourth-order valence-electron chi connectivity index (χ4n) is 4.45. The van der Waals surface area contributed by atoms with Gasteiger partial charge in [0.15, 0.2) is 11.5 Å². The maximum absolute atomic E-state index is 13.4. The lowest BCUT2D eigenvalue weighted by Gasteiger charge is -2.23. The quantitative estimate of drug-likeness (QED) is 0.164. The summed E-state index contributed by atoms with van der Waals surface area (Å²) in [6.45, 7) is 4.32. The van der Waals surface area contributed by atoms with Crippen LogP contribution < -0.4 is 19.1 Å². The lowest BCUT2D eigenvalue weighted by molar-refractivity contribution is -0.132. The van der Waals surface area contributed by atoms with E-state index in [2.05, 4.69) is 10.2 Å². The maximum atomic E-state index is 13.4. The van der Waals surface area contributed by atoms with Crippen molar-refractivity contribution in [2.45, 2.75) is 26.5 Å². The van der Waals surface area contributed by atoms with Crippen molar-refractivity contribution >= 4 is 33.9 Å². The molecule has 1 aromatic heterocycles. The molecule has 1 atom stereocenters. The summed E-state index contributed by atoms with van der Waals surface area (Å²) in [6.07, 6.45) is 0. The Bertz CT molecular complexity index is 1570. The van der Waals surface area contributed by atoms with Crippen LogP contribution in [0.2, 0.25) is 0 Å². The first-order chi connectivity index (χ1) is 19.4. The molecule has 9 nitrogen and oxygen atoms in total. The van der Waals surface area contributed by atoms with Crippen molar-refractivity contribution in [2.75, 3.05) is 18.6 Å². The van der Waals surface area contributed by atoms with Crippen molar-refractivity contribution in [2.24, 2.45) is 0 Å². The number of amides is 1. The summed E-state index contributed by atoms with van der Waals surface area (Å²) in [5.41, 5.74) is 1.83. The van der Waals surface area contributed by atoms with Crippen LogP contribution in [0.4, 0.5) is 5.13 Å². The number of hydrogen-bond donors (Lipinski definition) is 1. The first-order valence-electron chi connectivity index (χ1n) is 12.6. The fraction of sp³-hybridized carbons (Fsp3) is 0.200. The van der Waals surface area contributed by atoms with Crippen LogP contribution in [0.1, 0.15) is 34.7 Å². The van der Waals surface area contributed by atoms with Gasteiger partial charge in [0.2, 0.25) is 5.13 Å². The molecule has 0 aliphatic carbocycles. The number of aryl methyl sites for hydroxylation is 1. The van der Waals surface area contributed by atoms with E-state index in [1.165, 1.54) is 23.3 Å². The Morgan fingerprint density at radius 2 is 1.73 bits per heavy atom. The van der Waals surface area contributed by atoms with E-state index in [-0.39, 0.29) is 16.5 Å². The van der Waals surface area contributed by atoms with Gasteiger partial charge in [0, 0.05) is 5.56 Å². The molecular formula is C30H27N3O6S. The summed E-state index contributed by atoms with van der Waals surface area (Å²) in [7, 11) is 1.54. The second-order valence-electron chi connectivity index (χ2n) is 8.91. The highest BCUT2D eigenvalue weighted by Gasteiger charge is 2.48. The van der Waals surface area contributed by atoms with Gasteiger partial charge in [-0.2, -0.15) is 0 Å². The summed E-state index contributed by atoms with van der Waals surface area (Å²) in [5, 5.41) is 20.4. The highest BCUT2D eigenvalue weighted by Crippen LogP contribution is 2.45. The largest absolute Gasteiger partial charge is 0.507 e. The SMILES string of the molecule is CCOc1cc(C2/C(=C(\O)c3ccc(OC)cc3)C(=O)C(=O)N2c2nnc(C)s2)ccc1OCc1ccccc1. The van der Waals surface area contributed by atoms with Crippen LogP contribution in [-0.2, 0) is 16.2 Å². The molecular weight excluding hydrogens is 530 g/mol. The molecule has 10 heteroatoms. The average molecular weight is 558 g/mol. The standard InChI is InChI=1S/C30H27N3O6S/c1-4-38-24-16-21(12-15-23(24)39-17-19-8-6-5-7-9-19)26-25(27(34)20-10-13-22(37-3)14-11-20)28(35)29(36)33(26)30-32-31-18(2)40-30/h5-16,26,34H,4,17H2,1-3H3/b27-25+. The van der Waals surface area contributed by atoms with Crippen molar-refractivity contribution in [3.8, 4) is 17.2 Å². The number of carbonyl (C=O) groups is 2. The lowest BCUT2D eigenvalue weighted by Crippen LogP contribution is -2.29. The molecule has 2 heterocycles. The molecule has 4 aromatic rings. The first-order valence-corrected chi connectivity index (χ1v) is 13.4. The minimum atomic E-state index is -0.975. The second kappa shape index (κ2) is 11.6. The van der Waals surface area contributed by atoms with Gasteiger partial charge in [0.1, 0.15) is 23.1 Å². The van der Waals surface area contributed by atoms with Crippen LogP contribution in [0.15, 0.2) is 78.4 Å². The third-order valence-corrected chi connectivity index (χ3v) is 7.19. The van der Waals surface area contributed by atoms with Crippen molar-refractivity contribution in [1.29, 1.82) is 0 Å². The lowest BCUT2D eigenvalue weighted by atomic mass is 9.95. The van der Waals surface area contributed by atoms with Crippen LogP contribution in [-0.4, -0.2) is 40.7 Å². The number of Topliss-reactive ketones (excluding diaryl/α,β-unsaturated/α-hetero) is 1.